The number of nitrogens with one attached hydrogen (secondary N) is 1. The van der Waals surface area contributed by atoms with Crippen LogP contribution in [0.1, 0.15) is 16.7 Å². The third-order valence-corrected chi connectivity index (χ3v) is 5.20. The predicted octanol–water partition coefficient (Wildman–Crippen LogP) is 2.75. The Bertz CT molecular complexity index is 816. The summed E-state index contributed by atoms with van der Waals surface area (Å²) >= 11 is 0. The van der Waals surface area contributed by atoms with Crippen LogP contribution in [0.3, 0.4) is 0 Å². The molecule has 2 aliphatic rings. The van der Waals surface area contributed by atoms with E-state index < -0.39 is 0 Å². The molecule has 1 saturated heterocycles. The minimum atomic E-state index is -0.0109. The van der Waals surface area contributed by atoms with Crippen molar-refractivity contribution >= 4 is 6.03 Å². The van der Waals surface area contributed by atoms with E-state index in [4.69, 9.17) is 9.47 Å². The maximum Gasteiger partial charge on any atom is 0.317 e. The molecule has 2 aromatic carbocycles. The van der Waals surface area contributed by atoms with Crippen LogP contribution in [0.2, 0.25) is 0 Å². The van der Waals surface area contributed by atoms with E-state index in [0.29, 0.717) is 6.54 Å². The van der Waals surface area contributed by atoms with Crippen molar-refractivity contribution in [2.45, 2.75) is 20.0 Å². The Kier molecular flexibility index (Phi) is 5.16. The zero-order valence-electron chi connectivity index (χ0n) is 15.6. The molecule has 0 atom stereocenters. The molecule has 0 saturated carbocycles. The fourth-order valence-corrected chi connectivity index (χ4v) is 3.48. The first-order valence-corrected chi connectivity index (χ1v) is 9.37. The lowest BCUT2D eigenvalue weighted by Crippen LogP contribution is -2.51. The van der Waals surface area contributed by atoms with Crippen LogP contribution in [0.4, 0.5) is 4.79 Å². The average Bonchev–Trinajstić information content (AvgIpc) is 3.16. The molecule has 6 nitrogen and oxygen atoms in total. The van der Waals surface area contributed by atoms with Gasteiger partial charge in [-0.25, -0.2) is 4.79 Å². The highest BCUT2D eigenvalue weighted by atomic mass is 16.7. The third kappa shape index (κ3) is 4.17. The lowest BCUT2D eigenvalue weighted by molar-refractivity contribution is 0.135. The Morgan fingerprint density at radius 2 is 1.81 bits per heavy atom. The van der Waals surface area contributed by atoms with Gasteiger partial charge in [0.1, 0.15) is 0 Å². The van der Waals surface area contributed by atoms with Crippen LogP contribution in [0.15, 0.2) is 42.5 Å². The van der Waals surface area contributed by atoms with E-state index >= 15 is 0 Å². The SMILES string of the molecule is Cc1ccccc1CN1CCN(C(=O)NCc2ccc3c(c2)OCO3)CC1. The predicted molar refractivity (Wildman–Crippen MR) is 103 cm³/mol. The monoisotopic (exact) mass is 367 g/mol. The molecule has 2 amide bonds. The summed E-state index contributed by atoms with van der Waals surface area (Å²) in [7, 11) is 0. The molecule has 2 aliphatic heterocycles. The second-order valence-electron chi connectivity index (χ2n) is 7.04. The van der Waals surface area contributed by atoms with Crippen molar-refractivity contribution in [2.75, 3.05) is 33.0 Å². The molecule has 0 spiro atoms. The van der Waals surface area contributed by atoms with Gasteiger partial charge in [-0.2, -0.15) is 0 Å². The van der Waals surface area contributed by atoms with E-state index in [0.717, 1.165) is 49.8 Å². The van der Waals surface area contributed by atoms with Crippen LogP contribution in [0, 0.1) is 6.92 Å². The van der Waals surface area contributed by atoms with Gasteiger partial charge in [-0.3, -0.25) is 4.90 Å². The van der Waals surface area contributed by atoms with Crippen LogP contribution in [0.5, 0.6) is 11.5 Å². The number of piperazine rings is 1. The summed E-state index contributed by atoms with van der Waals surface area (Å²) in [6.07, 6.45) is 0. The molecule has 0 unspecified atom stereocenters. The molecule has 0 aliphatic carbocycles. The van der Waals surface area contributed by atoms with Gasteiger partial charge in [0, 0.05) is 39.3 Å². The quantitative estimate of drug-likeness (QED) is 0.903. The fraction of sp³-hybridized carbons (Fsp3) is 0.381. The molecule has 6 heteroatoms. The number of amides is 2. The maximum absolute atomic E-state index is 12.5. The van der Waals surface area contributed by atoms with Crippen molar-refractivity contribution < 1.29 is 14.3 Å². The van der Waals surface area contributed by atoms with Gasteiger partial charge in [0.05, 0.1) is 0 Å². The average molecular weight is 367 g/mol. The summed E-state index contributed by atoms with van der Waals surface area (Å²) in [4.78, 5) is 16.8. The Labute approximate surface area is 159 Å². The van der Waals surface area contributed by atoms with Gasteiger partial charge in [-0.15, -0.1) is 0 Å². The van der Waals surface area contributed by atoms with Crippen molar-refractivity contribution in [3.63, 3.8) is 0 Å². The van der Waals surface area contributed by atoms with E-state index in [-0.39, 0.29) is 12.8 Å². The number of hydrogen-bond donors (Lipinski definition) is 1. The smallest absolute Gasteiger partial charge is 0.317 e. The minimum absolute atomic E-state index is 0.0109. The van der Waals surface area contributed by atoms with Gasteiger partial charge >= 0.3 is 6.03 Å². The normalized spacial score (nSPS) is 16.4. The van der Waals surface area contributed by atoms with Crippen molar-refractivity contribution in [1.29, 1.82) is 0 Å². The molecular weight excluding hydrogens is 342 g/mol. The van der Waals surface area contributed by atoms with Gasteiger partial charge in [-0.1, -0.05) is 30.3 Å². The van der Waals surface area contributed by atoms with Crippen molar-refractivity contribution in [2.24, 2.45) is 0 Å². The standard InChI is InChI=1S/C21H25N3O3/c1-16-4-2-3-5-18(16)14-23-8-10-24(11-9-23)21(25)22-13-17-6-7-19-20(12-17)27-15-26-19/h2-7,12H,8-11,13-15H2,1H3,(H,22,25). The van der Waals surface area contributed by atoms with Crippen LogP contribution >= 0.6 is 0 Å². The highest BCUT2D eigenvalue weighted by molar-refractivity contribution is 5.74. The summed E-state index contributed by atoms with van der Waals surface area (Å²) in [5.41, 5.74) is 3.69. The molecule has 0 radical (unpaired) electrons. The number of fused-ring (bicyclic) bond motifs is 1. The van der Waals surface area contributed by atoms with Gasteiger partial charge < -0.3 is 19.7 Å². The summed E-state index contributed by atoms with van der Waals surface area (Å²) < 4.78 is 10.7. The third-order valence-electron chi connectivity index (χ3n) is 5.20. The number of aryl methyl sites for hydroxylation is 1. The largest absolute Gasteiger partial charge is 0.454 e. The minimum Gasteiger partial charge on any atom is -0.454 e. The Balaban J connectivity index is 1.24. The van der Waals surface area contributed by atoms with Crippen LogP contribution < -0.4 is 14.8 Å². The highest BCUT2D eigenvalue weighted by Gasteiger charge is 2.21. The van der Waals surface area contributed by atoms with E-state index in [1.807, 2.05) is 23.1 Å². The summed E-state index contributed by atoms with van der Waals surface area (Å²) in [6.45, 7) is 7.13. The topological polar surface area (TPSA) is 54.0 Å². The second kappa shape index (κ2) is 7.88. The molecule has 2 heterocycles. The zero-order chi connectivity index (χ0) is 18.6. The van der Waals surface area contributed by atoms with Crippen molar-refractivity contribution in [1.82, 2.24) is 15.1 Å². The Morgan fingerprint density at radius 3 is 2.63 bits per heavy atom. The number of carbonyl (C=O) groups excluding carboxylic acids is 1. The number of rotatable bonds is 4. The van der Waals surface area contributed by atoms with Gasteiger partial charge in [0.2, 0.25) is 6.79 Å². The lowest BCUT2D eigenvalue weighted by atomic mass is 10.1. The van der Waals surface area contributed by atoms with Crippen LogP contribution in [-0.2, 0) is 13.1 Å². The van der Waals surface area contributed by atoms with Crippen LogP contribution in [-0.4, -0.2) is 48.8 Å². The Morgan fingerprint density at radius 1 is 1.04 bits per heavy atom. The summed E-state index contributed by atoms with van der Waals surface area (Å²) in [5, 5.41) is 3.01. The van der Waals surface area contributed by atoms with Crippen LogP contribution in [0.25, 0.3) is 0 Å². The zero-order valence-corrected chi connectivity index (χ0v) is 15.6. The van der Waals surface area contributed by atoms with Gasteiger partial charge in [-0.05, 0) is 35.7 Å². The molecule has 0 aromatic heterocycles. The maximum atomic E-state index is 12.5. The molecule has 0 bridgehead atoms. The number of nitrogens with zero attached hydrogens (tertiary/aromatic N) is 2. The highest BCUT2D eigenvalue weighted by Crippen LogP contribution is 2.32. The first kappa shape index (κ1) is 17.7. The molecular formula is C21H25N3O3. The first-order valence-electron chi connectivity index (χ1n) is 9.37. The number of hydrogen-bond acceptors (Lipinski definition) is 4. The number of benzene rings is 2. The number of carbonyl (C=O) groups is 1. The van der Waals surface area contributed by atoms with E-state index in [1.165, 1.54) is 11.1 Å². The van der Waals surface area contributed by atoms with Crippen molar-refractivity contribution in [3.05, 3.63) is 59.2 Å². The number of urea groups is 1. The summed E-state index contributed by atoms with van der Waals surface area (Å²) in [6, 6.07) is 14.2. The van der Waals surface area contributed by atoms with Gasteiger partial charge in [0.15, 0.2) is 11.5 Å². The fourth-order valence-electron chi connectivity index (χ4n) is 3.48. The molecule has 27 heavy (non-hydrogen) atoms. The molecule has 1 N–H and O–H groups in total. The first-order chi connectivity index (χ1) is 13.2. The molecule has 142 valence electrons. The van der Waals surface area contributed by atoms with Gasteiger partial charge in [0.25, 0.3) is 0 Å². The molecule has 1 fully saturated rings. The van der Waals surface area contributed by atoms with Crippen molar-refractivity contribution in [3.8, 4) is 11.5 Å². The summed E-state index contributed by atoms with van der Waals surface area (Å²) in [5.74, 6) is 1.50. The lowest BCUT2D eigenvalue weighted by Gasteiger charge is -2.35. The Hall–Kier alpha value is -2.73. The second-order valence-corrected chi connectivity index (χ2v) is 7.04. The van der Waals surface area contributed by atoms with E-state index in [9.17, 15) is 4.79 Å². The molecule has 4 rings (SSSR count). The number of ether oxygens (including phenoxy) is 2. The molecule has 2 aromatic rings. The van der Waals surface area contributed by atoms with E-state index in [1.54, 1.807) is 0 Å². The van der Waals surface area contributed by atoms with E-state index in [2.05, 4.69) is 41.4 Å².